The molecule has 5 heteroatoms. The predicted octanol–water partition coefficient (Wildman–Crippen LogP) is 5.32. The third-order valence-electron chi connectivity index (χ3n) is 5.24. The summed E-state index contributed by atoms with van der Waals surface area (Å²) in [5.74, 6) is 0.174. The summed E-state index contributed by atoms with van der Waals surface area (Å²) in [7, 11) is 1.89. The van der Waals surface area contributed by atoms with Crippen LogP contribution >= 0.6 is 23.8 Å². The van der Waals surface area contributed by atoms with E-state index >= 15 is 0 Å². The number of nitrogens with zero attached hydrogens (tertiary/aromatic N) is 1. The number of anilines is 1. The highest BCUT2D eigenvalue weighted by atomic mass is 35.5. The zero-order valence-electron chi connectivity index (χ0n) is 15.1. The number of aryl methyl sites for hydroxylation is 1. The molecule has 0 amide bonds. The van der Waals surface area contributed by atoms with Crippen LogP contribution in [0, 0.1) is 6.92 Å². The average molecular weight is 387 g/mol. The minimum Gasteiger partial charge on any atom is -0.335 e. The van der Waals surface area contributed by atoms with Gasteiger partial charge in [0.05, 0.1) is 0 Å². The number of likely N-dealkylation sites (N-methyl/N-ethyl adjacent to an activating group) is 1. The molecule has 0 radical (unpaired) electrons. The van der Waals surface area contributed by atoms with Gasteiger partial charge in [0.15, 0.2) is 10.9 Å². The molecule has 2 aromatic rings. The molecular weight excluding hydrogens is 364 g/mol. The van der Waals surface area contributed by atoms with E-state index in [1.807, 2.05) is 67.4 Å². The summed E-state index contributed by atoms with van der Waals surface area (Å²) in [5, 5.41) is 4.43. The van der Waals surface area contributed by atoms with Crippen LogP contribution in [0.25, 0.3) is 0 Å². The van der Waals surface area contributed by atoms with E-state index in [9.17, 15) is 4.79 Å². The lowest BCUT2D eigenvalue weighted by molar-refractivity contribution is -0.131. The van der Waals surface area contributed by atoms with Gasteiger partial charge in [-0.2, -0.15) is 0 Å². The highest BCUT2D eigenvalue weighted by Gasteiger charge is 2.47. The summed E-state index contributed by atoms with van der Waals surface area (Å²) in [4.78, 5) is 15.0. The Balaban J connectivity index is 1.99. The van der Waals surface area contributed by atoms with Gasteiger partial charge < -0.3 is 10.2 Å². The van der Waals surface area contributed by atoms with E-state index in [0.717, 1.165) is 29.7 Å². The molecule has 2 aromatic carbocycles. The fourth-order valence-corrected chi connectivity index (χ4v) is 4.27. The Morgan fingerprint density at radius 1 is 1.15 bits per heavy atom. The first-order chi connectivity index (χ1) is 12.5. The highest BCUT2D eigenvalue weighted by Crippen LogP contribution is 2.42. The maximum absolute atomic E-state index is 13.1. The number of thiocarbonyl (C=S) groups is 1. The maximum atomic E-state index is 13.1. The minimum absolute atomic E-state index is 0.174. The molecule has 0 aliphatic heterocycles. The molecule has 0 unspecified atom stereocenters. The van der Waals surface area contributed by atoms with Gasteiger partial charge in [-0.25, -0.2) is 0 Å². The lowest BCUT2D eigenvalue weighted by Gasteiger charge is -2.45. The molecule has 0 heterocycles. The second-order valence-electron chi connectivity index (χ2n) is 6.77. The van der Waals surface area contributed by atoms with Gasteiger partial charge in [0.1, 0.15) is 5.54 Å². The molecule has 26 heavy (non-hydrogen) atoms. The van der Waals surface area contributed by atoms with Crippen molar-refractivity contribution < 1.29 is 4.79 Å². The molecule has 136 valence electrons. The second-order valence-corrected chi connectivity index (χ2v) is 7.57. The fraction of sp³-hybridized carbons (Fsp3) is 0.333. The van der Waals surface area contributed by atoms with E-state index < -0.39 is 5.54 Å². The normalized spacial score (nSPS) is 19.9. The zero-order valence-corrected chi connectivity index (χ0v) is 16.7. The molecule has 3 rings (SSSR count). The monoisotopic (exact) mass is 386 g/mol. The Kier molecular flexibility index (Phi) is 5.64. The summed E-state index contributed by atoms with van der Waals surface area (Å²) < 4.78 is 0. The lowest BCUT2D eigenvalue weighted by Crippen LogP contribution is -2.55. The van der Waals surface area contributed by atoms with Crippen LogP contribution in [0.1, 0.15) is 36.8 Å². The summed E-state index contributed by atoms with van der Waals surface area (Å²) in [6, 6.07) is 15.6. The topological polar surface area (TPSA) is 32.3 Å². The number of para-hydroxylation sites is 1. The standard InChI is InChI=1S/C21H23ClN2OS/c1-15-9-3-6-12-18(15)23-20(26)24(2)21(14-8-7-13-19(21)25)16-10-4-5-11-17(16)22/h3-6,9-12H,7-8,13-14H2,1-2H3,(H,23,26)/t21-/m0/s1. The van der Waals surface area contributed by atoms with Gasteiger partial charge >= 0.3 is 0 Å². The van der Waals surface area contributed by atoms with Crippen LogP contribution in [0.15, 0.2) is 48.5 Å². The van der Waals surface area contributed by atoms with Crippen molar-refractivity contribution in [2.45, 2.75) is 38.1 Å². The van der Waals surface area contributed by atoms with Crippen molar-refractivity contribution in [1.82, 2.24) is 4.90 Å². The molecule has 1 aliphatic carbocycles. The van der Waals surface area contributed by atoms with Crippen molar-refractivity contribution in [3.8, 4) is 0 Å². The van der Waals surface area contributed by atoms with Crippen LogP contribution < -0.4 is 5.32 Å². The molecule has 1 N–H and O–H groups in total. The zero-order chi connectivity index (χ0) is 18.7. The number of nitrogens with one attached hydrogen (secondary N) is 1. The number of hydrogen-bond acceptors (Lipinski definition) is 2. The van der Waals surface area contributed by atoms with Gasteiger partial charge in [-0.1, -0.05) is 48.0 Å². The molecule has 3 nitrogen and oxygen atoms in total. The van der Waals surface area contributed by atoms with Crippen LogP contribution in [-0.4, -0.2) is 22.8 Å². The van der Waals surface area contributed by atoms with Crippen molar-refractivity contribution in [2.24, 2.45) is 0 Å². The van der Waals surface area contributed by atoms with E-state index in [-0.39, 0.29) is 5.78 Å². The van der Waals surface area contributed by atoms with Crippen molar-refractivity contribution in [3.63, 3.8) is 0 Å². The van der Waals surface area contributed by atoms with Crippen molar-refractivity contribution in [1.29, 1.82) is 0 Å². The summed E-state index contributed by atoms with van der Waals surface area (Å²) in [6.07, 6.45) is 3.13. The van der Waals surface area contributed by atoms with Crippen LogP contribution in [0.5, 0.6) is 0 Å². The first-order valence-electron chi connectivity index (χ1n) is 8.85. The third-order valence-corrected chi connectivity index (χ3v) is 5.94. The number of carbonyl (C=O) groups excluding carboxylic acids is 1. The van der Waals surface area contributed by atoms with E-state index in [0.29, 0.717) is 23.0 Å². The molecule has 0 saturated heterocycles. The summed E-state index contributed by atoms with van der Waals surface area (Å²) in [6.45, 7) is 2.03. The third kappa shape index (κ3) is 3.36. The molecular formula is C21H23ClN2OS. The van der Waals surface area contributed by atoms with Gasteiger partial charge in [0, 0.05) is 29.7 Å². The summed E-state index contributed by atoms with van der Waals surface area (Å²) in [5.41, 5.74) is 2.07. The second kappa shape index (κ2) is 7.77. The van der Waals surface area contributed by atoms with Gasteiger partial charge in [-0.05, 0) is 56.1 Å². The molecule has 0 aromatic heterocycles. The van der Waals surface area contributed by atoms with Gasteiger partial charge in [-0.15, -0.1) is 0 Å². The Bertz CT molecular complexity index is 838. The first kappa shape index (κ1) is 18.9. The number of benzene rings is 2. The van der Waals surface area contributed by atoms with Crippen LogP contribution in [0.2, 0.25) is 5.02 Å². The molecule has 1 aliphatic rings. The van der Waals surface area contributed by atoms with Gasteiger partial charge in [0.25, 0.3) is 0 Å². The molecule has 1 atom stereocenters. The number of hydrogen-bond donors (Lipinski definition) is 1. The fourth-order valence-electron chi connectivity index (χ4n) is 3.72. The average Bonchev–Trinajstić information content (AvgIpc) is 2.64. The first-order valence-corrected chi connectivity index (χ1v) is 9.64. The molecule has 1 saturated carbocycles. The largest absolute Gasteiger partial charge is 0.335 e. The molecule has 1 fully saturated rings. The van der Waals surface area contributed by atoms with Crippen LogP contribution in [-0.2, 0) is 10.3 Å². The SMILES string of the molecule is Cc1ccccc1NC(=S)N(C)[C@]1(c2ccccc2Cl)CCCCC1=O. The number of halogens is 1. The van der Waals surface area contributed by atoms with E-state index in [1.165, 1.54) is 0 Å². The Morgan fingerprint density at radius 3 is 2.54 bits per heavy atom. The Hall–Kier alpha value is -1.91. The molecule has 0 bridgehead atoms. The Morgan fingerprint density at radius 2 is 1.85 bits per heavy atom. The smallest absolute Gasteiger partial charge is 0.174 e. The maximum Gasteiger partial charge on any atom is 0.174 e. The van der Waals surface area contributed by atoms with E-state index in [4.69, 9.17) is 23.8 Å². The van der Waals surface area contributed by atoms with Gasteiger partial charge in [0.2, 0.25) is 0 Å². The minimum atomic E-state index is -0.816. The molecule has 0 spiro atoms. The predicted molar refractivity (Wildman–Crippen MR) is 112 cm³/mol. The van der Waals surface area contributed by atoms with Crippen molar-refractivity contribution in [2.75, 3.05) is 12.4 Å². The highest BCUT2D eigenvalue weighted by molar-refractivity contribution is 7.80. The van der Waals surface area contributed by atoms with Crippen LogP contribution in [0.4, 0.5) is 5.69 Å². The number of ketones is 1. The van der Waals surface area contributed by atoms with E-state index in [2.05, 4.69) is 5.32 Å². The number of carbonyl (C=O) groups is 1. The van der Waals surface area contributed by atoms with Gasteiger partial charge in [-0.3, -0.25) is 4.79 Å². The lowest BCUT2D eigenvalue weighted by atomic mass is 9.74. The Labute approximate surface area is 165 Å². The van der Waals surface area contributed by atoms with E-state index in [1.54, 1.807) is 0 Å². The van der Waals surface area contributed by atoms with Crippen LogP contribution in [0.3, 0.4) is 0 Å². The quantitative estimate of drug-likeness (QED) is 0.724. The van der Waals surface area contributed by atoms with Crippen molar-refractivity contribution in [3.05, 3.63) is 64.7 Å². The summed E-state index contributed by atoms with van der Waals surface area (Å²) >= 11 is 12.2. The van der Waals surface area contributed by atoms with Crippen molar-refractivity contribution >= 4 is 40.4 Å². The number of Topliss-reactive ketones (excluding diaryl/α,β-unsaturated/α-hetero) is 1. The number of rotatable bonds is 3.